The van der Waals surface area contributed by atoms with Crippen LogP contribution in [0.15, 0.2) is 18.3 Å². The number of nitrogens with one attached hydrogen (secondary N) is 1. The van der Waals surface area contributed by atoms with Gasteiger partial charge in [-0.2, -0.15) is 0 Å². The molecule has 34 heavy (non-hydrogen) atoms. The van der Waals surface area contributed by atoms with Gasteiger partial charge in [-0.1, -0.05) is 0 Å². The Hall–Kier alpha value is -2.33. The molecule has 0 radical (unpaired) electrons. The van der Waals surface area contributed by atoms with Crippen LogP contribution < -0.4 is 10.2 Å². The second-order valence-electron chi connectivity index (χ2n) is 9.58. The van der Waals surface area contributed by atoms with Gasteiger partial charge < -0.3 is 24.6 Å². The maximum atomic E-state index is 5.92. The lowest BCUT2D eigenvalue weighted by atomic mass is 10.1. The third kappa shape index (κ3) is 5.66. The van der Waals surface area contributed by atoms with Crippen molar-refractivity contribution >= 4 is 11.6 Å². The van der Waals surface area contributed by atoms with Crippen LogP contribution in [0, 0.1) is 0 Å². The maximum Gasteiger partial charge on any atom is 0.163 e. The van der Waals surface area contributed by atoms with Gasteiger partial charge in [0.2, 0.25) is 0 Å². The highest BCUT2D eigenvalue weighted by atomic mass is 16.5. The molecular weight excluding hydrogens is 430 g/mol. The van der Waals surface area contributed by atoms with E-state index in [4.69, 9.17) is 24.4 Å². The minimum Gasteiger partial charge on any atom is -0.379 e. The third-order valence-electron chi connectivity index (χ3n) is 6.97. The Bertz CT molecular complexity index is 941. The van der Waals surface area contributed by atoms with Crippen molar-refractivity contribution in [3.63, 3.8) is 0 Å². The van der Waals surface area contributed by atoms with Crippen LogP contribution in [-0.2, 0) is 22.5 Å². The molecule has 0 aromatic carbocycles. The van der Waals surface area contributed by atoms with Gasteiger partial charge in [-0.05, 0) is 39.1 Å². The van der Waals surface area contributed by atoms with Gasteiger partial charge in [0.25, 0.3) is 0 Å². The zero-order chi connectivity index (χ0) is 23.3. The molecule has 1 unspecified atom stereocenters. The largest absolute Gasteiger partial charge is 0.379 e. The van der Waals surface area contributed by atoms with E-state index in [-0.39, 0.29) is 6.10 Å². The number of ether oxygens (including phenoxy) is 2. The van der Waals surface area contributed by atoms with Crippen molar-refractivity contribution in [1.82, 2.24) is 24.8 Å². The molecule has 5 heterocycles. The SMILES string of the molecule is CC1Cc2nc(-c3ccc(N4CCN(C)CC4)nc3)nc(NCCCN3CCOCC3)c2CO1. The summed E-state index contributed by atoms with van der Waals surface area (Å²) >= 11 is 0. The third-order valence-corrected chi connectivity index (χ3v) is 6.97. The Labute approximate surface area is 202 Å². The summed E-state index contributed by atoms with van der Waals surface area (Å²) in [6.45, 7) is 12.5. The highest BCUT2D eigenvalue weighted by molar-refractivity contribution is 5.61. The molecule has 0 aliphatic carbocycles. The number of pyridine rings is 1. The number of morpholine rings is 1. The fourth-order valence-corrected chi connectivity index (χ4v) is 4.76. The fraction of sp³-hybridized carbons (Fsp3) is 0.640. The lowest BCUT2D eigenvalue weighted by Crippen LogP contribution is -2.44. The summed E-state index contributed by atoms with van der Waals surface area (Å²) in [5.41, 5.74) is 3.13. The van der Waals surface area contributed by atoms with Crippen LogP contribution in [0.5, 0.6) is 0 Å². The van der Waals surface area contributed by atoms with Gasteiger partial charge in [-0.15, -0.1) is 0 Å². The van der Waals surface area contributed by atoms with Crippen LogP contribution in [0.4, 0.5) is 11.6 Å². The fourth-order valence-electron chi connectivity index (χ4n) is 4.76. The maximum absolute atomic E-state index is 5.92. The first-order chi connectivity index (χ1) is 16.7. The summed E-state index contributed by atoms with van der Waals surface area (Å²) in [6.07, 6.45) is 3.95. The zero-order valence-electron chi connectivity index (χ0n) is 20.5. The molecule has 184 valence electrons. The molecule has 3 aliphatic rings. The van der Waals surface area contributed by atoms with Crippen molar-refractivity contribution in [1.29, 1.82) is 0 Å². The summed E-state index contributed by atoms with van der Waals surface area (Å²) in [4.78, 5) is 21.8. The molecule has 0 saturated carbocycles. The molecule has 2 saturated heterocycles. The number of piperazine rings is 1. The van der Waals surface area contributed by atoms with Gasteiger partial charge in [0.15, 0.2) is 5.82 Å². The van der Waals surface area contributed by atoms with Crippen molar-refractivity contribution in [2.75, 3.05) is 82.8 Å². The summed E-state index contributed by atoms with van der Waals surface area (Å²) < 4.78 is 11.4. The van der Waals surface area contributed by atoms with Gasteiger partial charge in [0, 0.05) is 69.6 Å². The second-order valence-corrected chi connectivity index (χ2v) is 9.58. The normalized spacial score (nSPS) is 21.9. The Morgan fingerprint density at radius 3 is 2.65 bits per heavy atom. The standard InChI is InChI=1S/C25H37N7O2/c1-19-16-22-21(18-34-19)25(26-6-3-7-31-12-14-33-15-13-31)29-24(28-22)20-4-5-23(27-17-20)32-10-8-30(2)9-11-32/h4-5,17,19H,3,6-16,18H2,1-2H3,(H,26,28,29). The number of fused-ring (bicyclic) bond motifs is 1. The van der Waals surface area contributed by atoms with Crippen molar-refractivity contribution in [2.24, 2.45) is 0 Å². The molecule has 1 N–H and O–H groups in total. The van der Waals surface area contributed by atoms with E-state index in [1.54, 1.807) is 0 Å². The van der Waals surface area contributed by atoms with Crippen LogP contribution in [0.1, 0.15) is 24.6 Å². The lowest BCUT2D eigenvalue weighted by molar-refractivity contribution is 0.0377. The molecule has 1 atom stereocenters. The number of nitrogens with zero attached hydrogens (tertiary/aromatic N) is 6. The number of anilines is 2. The number of hydrogen-bond acceptors (Lipinski definition) is 9. The molecule has 0 amide bonds. The van der Waals surface area contributed by atoms with Crippen LogP contribution in [0.2, 0.25) is 0 Å². The predicted molar refractivity (Wildman–Crippen MR) is 133 cm³/mol. The quantitative estimate of drug-likeness (QED) is 0.614. The number of rotatable bonds is 7. The summed E-state index contributed by atoms with van der Waals surface area (Å²) in [5.74, 6) is 2.66. The average molecular weight is 468 g/mol. The van der Waals surface area contributed by atoms with Gasteiger partial charge in [-0.3, -0.25) is 4.90 Å². The van der Waals surface area contributed by atoms with Crippen LogP contribution in [0.25, 0.3) is 11.4 Å². The molecule has 2 aromatic heterocycles. The van der Waals surface area contributed by atoms with Crippen molar-refractivity contribution in [2.45, 2.75) is 32.5 Å². The first-order valence-electron chi connectivity index (χ1n) is 12.6. The molecule has 0 bridgehead atoms. The molecule has 2 fully saturated rings. The number of hydrogen-bond donors (Lipinski definition) is 1. The van der Waals surface area contributed by atoms with Crippen molar-refractivity contribution in [3.05, 3.63) is 29.6 Å². The monoisotopic (exact) mass is 467 g/mol. The topological polar surface area (TPSA) is 78.9 Å². The smallest absolute Gasteiger partial charge is 0.163 e. The minimum absolute atomic E-state index is 0.169. The molecule has 2 aromatic rings. The van der Waals surface area contributed by atoms with E-state index >= 15 is 0 Å². The number of aromatic nitrogens is 3. The highest BCUT2D eigenvalue weighted by Gasteiger charge is 2.23. The highest BCUT2D eigenvalue weighted by Crippen LogP contribution is 2.28. The van der Waals surface area contributed by atoms with Crippen molar-refractivity contribution < 1.29 is 9.47 Å². The molecule has 9 heteroatoms. The van der Waals surface area contributed by atoms with Gasteiger partial charge in [-0.25, -0.2) is 15.0 Å². The molecule has 9 nitrogen and oxygen atoms in total. The van der Waals surface area contributed by atoms with E-state index in [0.717, 1.165) is 113 Å². The predicted octanol–water partition coefficient (Wildman–Crippen LogP) is 1.89. The molecule has 3 aliphatic heterocycles. The van der Waals surface area contributed by atoms with E-state index in [1.165, 1.54) is 0 Å². The molecule has 5 rings (SSSR count). The average Bonchev–Trinajstić information content (AvgIpc) is 2.87. The lowest BCUT2D eigenvalue weighted by Gasteiger charge is -2.33. The van der Waals surface area contributed by atoms with E-state index in [1.807, 2.05) is 6.20 Å². The minimum atomic E-state index is 0.169. The van der Waals surface area contributed by atoms with E-state index < -0.39 is 0 Å². The van der Waals surface area contributed by atoms with Crippen molar-refractivity contribution in [3.8, 4) is 11.4 Å². The summed E-state index contributed by atoms with van der Waals surface area (Å²) in [7, 11) is 2.17. The van der Waals surface area contributed by atoms with Gasteiger partial charge >= 0.3 is 0 Å². The Kier molecular flexibility index (Phi) is 7.54. The van der Waals surface area contributed by atoms with E-state index in [2.05, 4.69) is 46.1 Å². The van der Waals surface area contributed by atoms with Gasteiger partial charge in [0.1, 0.15) is 11.6 Å². The summed E-state index contributed by atoms with van der Waals surface area (Å²) in [6, 6.07) is 4.21. The Morgan fingerprint density at radius 1 is 1.06 bits per heavy atom. The zero-order valence-corrected chi connectivity index (χ0v) is 20.5. The van der Waals surface area contributed by atoms with E-state index in [9.17, 15) is 0 Å². The first-order valence-corrected chi connectivity index (χ1v) is 12.6. The molecule has 0 spiro atoms. The summed E-state index contributed by atoms with van der Waals surface area (Å²) in [5, 5.41) is 3.58. The molecular formula is C25H37N7O2. The first kappa shape index (κ1) is 23.4. The van der Waals surface area contributed by atoms with Crippen LogP contribution in [0.3, 0.4) is 0 Å². The van der Waals surface area contributed by atoms with E-state index in [0.29, 0.717) is 6.61 Å². The van der Waals surface area contributed by atoms with Crippen LogP contribution >= 0.6 is 0 Å². The van der Waals surface area contributed by atoms with Crippen LogP contribution in [-0.4, -0.2) is 103 Å². The Morgan fingerprint density at radius 2 is 1.88 bits per heavy atom. The number of likely N-dealkylation sites (N-methyl/N-ethyl adjacent to an activating group) is 1. The second kappa shape index (κ2) is 10.9. The Balaban J connectivity index is 1.29. The van der Waals surface area contributed by atoms with Gasteiger partial charge in [0.05, 0.1) is 31.6 Å².